The molecule has 0 aromatic carbocycles. The molecule has 1 unspecified atom stereocenters. The van der Waals surface area contributed by atoms with Gasteiger partial charge >= 0.3 is 0 Å². The molecule has 0 saturated carbocycles. The molecule has 0 saturated heterocycles. The van der Waals surface area contributed by atoms with Crippen LogP contribution in [0, 0.1) is 6.92 Å². The molecule has 102 valence electrons. The molecule has 0 spiro atoms. The molecule has 0 bridgehead atoms. The number of aromatic nitrogens is 2. The number of hydrogen-bond acceptors (Lipinski definition) is 4. The van der Waals surface area contributed by atoms with E-state index in [2.05, 4.69) is 15.7 Å². The number of carbonyl (C=O) groups excluding carboxylic acids is 1. The van der Waals surface area contributed by atoms with Crippen LogP contribution >= 0.6 is 0 Å². The van der Waals surface area contributed by atoms with E-state index < -0.39 is 0 Å². The second-order valence-corrected chi connectivity index (χ2v) is 4.41. The van der Waals surface area contributed by atoms with Crippen molar-refractivity contribution in [3.05, 3.63) is 17.5 Å². The first-order valence-electron chi connectivity index (χ1n) is 6.01. The van der Waals surface area contributed by atoms with E-state index >= 15 is 0 Å². The van der Waals surface area contributed by atoms with Gasteiger partial charge in [0, 0.05) is 38.0 Å². The zero-order chi connectivity index (χ0) is 13.5. The topological polar surface area (TPSA) is 68.2 Å². The van der Waals surface area contributed by atoms with E-state index in [9.17, 15) is 4.79 Å². The van der Waals surface area contributed by atoms with Gasteiger partial charge in [-0.05, 0) is 13.8 Å². The maximum absolute atomic E-state index is 11.6. The molecule has 1 atom stereocenters. The van der Waals surface area contributed by atoms with Crippen molar-refractivity contribution in [2.75, 3.05) is 20.3 Å². The zero-order valence-electron chi connectivity index (χ0n) is 11.5. The van der Waals surface area contributed by atoms with Crippen molar-refractivity contribution in [3.63, 3.8) is 0 Å². The molecule has 0 aliphatic heterocycles. The van der Waals surface area contributed by atoms with Crippen molar-refractivity contribution in [2.45, 2.75) is 26.4 Å². The zero-order valence-corrected chi connectivity index (χ0v) is 11.5. The SMILES string of the molecule is COCC(C)NC(=O)CNCc1cnn(C)c1C. The van der Waals surface area contributed by atoms with Gasteiger partial charge in [0.2, 0.25) is 5.91 Å². The standard InChI is InChI=1S/C12H22N4O2/c1-9(8-18-4)15-12(17)7-13-5-11-6-14-16(3)10(11)2/h6,9,13H,5,7-8H2,1-4H3,(H,15,17). The Kier molecular flexibility index (Phi) is 5.80. The Morgan fingerprint density at radius 2 is 2.33 bits per heavy atom. The number of amides is 1. The molecule has 6 nitrogen and oxygen atoms in total. The molecule has 1 aromatic rings. The van der Waals surface area contributed by atoms with Crippen LogP contribution < -0.4 is 10.6 Å². The summed E-state index contributed by atoms with van der Waals surface area (Å²) in [5.74, 6) is -0.0268. The van der Waals surface area contributed by atoms with Crippen molar-refractivity contribution in [1.29, 1.82) is 0 Å². The van der Waals surface area contributed by atoms with Crippen LogP contribution in [0.1, 0.15) is 18.2 Å². The minimum absolute atomic E-state index is 0.0268. The lowest BCUT2D eigenvalue weighted by molar-refractivity contribution is -0.121. The molecule has 0 aliphatic carbocycles. The van der Waals surface area contributed by atoms with Crippen LogP contribution in [0.4, 0.5) is 0 Å². The normalized spacial score (nSPS) is 12.4. The van der Waals surface area contributed by atoms with Gasteiger partial charge in [0.15, 0.2) is 0 Å². The summed E-state index contributed by atoms with van der Waals surface area (Å²) in [5.41, 5.74) is 2.21. The molecule has 1 heterocycles. The molecule has 0 fully saturated rings. The fourth-order valence-corrected chi connectivity index (χ4v) is 1.65. The Morgan fingerprint density at radius 3 is 2.89 bits per heavy atom. The number of carbonyl (C=O) groups is 1. The third-order valence-electron chi connectivity index (χ3n) is 2.76. The van der Waals surface area contributed by atoms with E-state index in [4.69, 9.17) is 4.74 Å². The summed E-state index contributed by atoms with van der Waals surface area (Å²) in [5, 5.41) is 10.1. The van der Waals surface area contributed by atoms with Crippen LogP contribution in [-0.4, -0.2) is 42.0 Å². The molecule has 0 radical (unpaired) electrons. The first-order valence-corrected chi connectivity index (χ1v) is 6.01. The van der Waals surface area contributed by atoms with Gasteiger partial charge < -0.3 is 15.4 Å². The van der Waals surface area contributed by atoms with Gasteiger partial charge in [-0.2, -0.15) is 5.10 Å². The highest BCUT2D eigenvalue weighted by Crippen LogP contribution is 2.04. The minimum atomic E-state index is -0.0268. The minimum Gasteiger partial charge on any atom is -0.383 e. The molecule has 1 amide bonds. The van der Waals surface area contributed by atoms with E-state index in [1.165, 1.54) is 0 Å². The predicted molar refractivity (Wildman–Crippen MR) is 69.1 cm³/mol. The quantitative estimate of drug-likeness (QED) is 0.717. The van der Waals surface area contributed by atoms with Crippen LogP contribution in [-0.2, 0) is 23.1 Å². The lowest BCUT2D eigenvalue weighted by Gasteiger charge is -2.12. The number of aryl methyl sites for hydroxylation is 1. The first kappa shape index (κ1) is 14.7. The highest BCUT2D eigenvalue weighted by molar-refractivity contribution is 5.78. The Hall–Kier alpha value is -1.40. The van der Waals surface area contributed by atoms with Crippen molar-refractivity contribution in [3.8, 4) is 0 Å². The van der Waals surface area contributed by atoms with Gasteiger partial charge in [-0.15, -0.1) is 0 Å². The Bertz CT molecular complexity index is 389. The summed E-state index contributed by atoms with van der Waals surface area (Å²) in [6.45, 7) is 5.37. The number of nitrogens with zero attached hydrogens (tertiary/aromatic N) is 2. The number of nitrogens with one attached hydrogen (secondary N) is 2. The van der Waals surface area contributed by atoms with Gasteiger partial charge in [0.25, 0.3) is 0 Å². The maximum atomic E-state index is 11.6. The average Bonchev–Trinajstić information content (AvgIpc) is 2.61. The van der Waals surface area contributed by atoms with Crippen LogP contribution in [0.5, 0.6) is 0 Å². The fourth-order valence-electron chi connectivity index (χ4n) is 1.65. The molecule has 0 aliphatic rings. The molecule has 18 heavy (non-hydrogen) atoms. The number of hydrogen-bond donors (Lipinski definition) is 2. The monoisotopic (exact) mass is 254 g/mol. The summed E-state index contributed by atoms with van der Waals surface area (Å²) < 4.78 is 6.77. The van der Waals surface area contributed by atoms with Gasteiger partial charge in [-0.3, -0.25) is 9.48 Å². The largest absolute Gasteiger partial charge is 0.383 e. The van der Waals surface area contributed by atoms with Crippen molar-refractivity contribution in [2.24, 2.45) is 7.05 Å². The van der Waals surface area contributed by atoms with Gasteiger partial charge in [0.05, 0.1) is 19.3 Å². The number of ether oxygens (including phenoxy) is 1. The third kappa shape index (κ3) is 4.46. The molecule has 2 N–H and O–H groups in total. The summed E-state index contributed by atoms with van der Waals surface area (Å²) in [4.78, 5) is 11.6. The number of methoxy groups -OCH3 is 1. The molecule has 6 heteroatoms. The second kappa shape index (κ2) is 7.13. The third-order valence-corrected chi connectivity index (χ3v) is 2.76. The van der Waals surface area contributed by atoms with E-state index in [-0.39, 0.29) is 11.9 Å². The second-order valence-electron chi connectivity index (χ2n) is 4.41. The lowest BCUT2D eigenvalue weighted by atomic mass is 10.2. The van der Waals surface area contributed by atoms with Crippen LogP contribution in [0.2, 0.25) is 0 Å². The molecule has 1 rings (SSSR count). The smallest absolute Gasteiger partial charge is 0.234 e. The summed E-state index contributed by atoms with van der Waals surface area (Å²) >= 11 is 0. The number of rotatable bonds is 7. The first-order chi connectivity index (χ1) is 8.54. The summed E-state index contributed by atoms with van der Waals surface area (Å²) in [6, 6.07) is 0.0319. The molecular weight excluding hydrogens is 232 g/mol. The van der Waals surface area contributed by atoms with Crippen molar-refractivity contribution >= 4 is 5.91 Å². The predicted octanol–water partition coefficient (Wildman–Crippen LogP) is -0.0308. The Morgan fingerprint density at radius 1 is 1.61 bits per heavy atom. The van der Waals surface area contributed by atoms with E-state index in [0.717, 1.165) is 11.3 Å². The van der Waals surface area contributed by atoms with Crippen LogP contribution in [0.15, 0.2) is 6.20 Å². The Labute approximate surface area is 108 Å². The van der Waals surface area contributed by atoms with Gasteiger partial charge in [0.1, 0.15) is 0 Å². The van der Waals surface area contributed by atoms with E-state index in [1.807, 2.05) is 31.8 Å². The highest BCUT2D eigenvalue weighted by atomic mass is 16.5. The lowest BCUT2D eigenvalue weighted by Crippen LogP contribution is -2.40. The van der Waals surface area contributed by atoms with E-state index in [0.29, 0.717) is 19.7 Å². The van der Waals surface area contributed by atoms with Gasteiger partial charge in [-0.25, -0.2) is 0 Å². The Balaban J connectivity index is 2.25. The maximum Gasteiger partial charge on any atom is 0.234 e. The van der Waals surface area contributed by atoms with Crippen molar-refractivity contribution in [1.82, 2.24) is 20.4 Å². The summed E-state index contributed by atoms with van der Waals surface area (Å²) in [6.07, 6.45) is 1.81. The molecule has 1 aromatic heterocycles. The highest BCUT2D eigenvalue weighted by Gasteiger charge is 2.07. The molecular formula is C12H22N4O2. The van der Waals surface area contributed by atoms with E-state index in [1.54, 1.807) is 7.11 Å². The van der Waals surface area contributed by atoms with Crippen LogP contribution in [0.25, 0.3) is 0 Å². The van der Waals surface area contributed by atoms with Gasteiger partial charge in [-0.1, -0.05) is 0 Å². The summed E-state index contributed by atoms with van der Waals surface area (Å²) in [7, 11) is 3.52. The fraction of sp³-hybridized carbons (Fsp3) is 0.667. The van der Waals surface area contributed by atoms with Crippen molar-refractivity contribution < 1.29 is 9.53 Å². The average molecular weight is 254 g/mol. The van der Waals surface area contributed by atoms with Crippen LogP contribution in [0.3, 0.4) is 0 Å².